The number of carbonyl (C=O) groups excluding carboxylic acids is 1. The number of esters is 1. The quantitative estimate of drug-likeness (QED) is 0.771. The van der Waals surface area contributed by atoms with Gasteiger partial charge in [-0.15, -0.1) is 0 Å². The topological polar surface area (TPSA) is 38.3 Å². The third-order valence-corrected chi connectivity index (χ3v) is 2.48. The van der Waals surface area contributed by atoms with Gasteiger partial charge in [0.1, 0.15) is 5.82 Å². The normalized spacial score (nSPS) is 12.2. The van der Waals surface area contributed by atoms with Crippen molar-refractivity contribution in [3.63, 3.8) is 0 Å². The molecule has 3 nitrogen and oxygen atoms in total. The summed E-state index contributed by atoms with van der Waals surface area (Å²) in [4.78, 5) is 10.9. The Morgan fingerprint density at radius 1 is 1.53 bits per heavy atom. The van der Waals surface area contributed by atoms with E-state index in [-0.39, 0.29) is 17.8 Å². The number of ether oxygens (including phenoxy) is 1. The van der Waals surface area contributed by atoms with Gasteiger partial charge in [-0.25, -0.2) is 4.39 Å². The van der Waals surface area contributed by atoms with E-state index < -0.39 is 0 Å². The van der Waals surface area contributed by atoms with E-state index >= 15 is 0 Å². The molecule has 1 aromatic carbocycles. The first-order valence-corrected chi connectivity index (χ1v) is 5.66. The van der Waals surface area contributed by atoms with Crippen molar-refractivity contribution in [3.8, 4) is 0 Å². The maximum absolute atomic E-state index is 12.9. The van der Waals surface area contributed by atoms with Gasteiger partial charge in [-0.1, -0.05) is 12.1 Å². The predicted molar refractivity (Wildman–Crippen MR) is 64.2 cm³/mol. The van der Waals surface area contributed by atoms with Crippen molar-refractivity contribution in [2.75, 3.05) is 13.7 Å². The van der Waals surface area contributed by atoms with Crippen LogP contribution in [-0.2, 0) is 16.0 Å². The maximum atomic E-state index is 12.9. The molecule has 0 fully saturated rings. The second-order valence-corrected chi connectivity index (χ2v) is 4.02. The first kappa shape index (κ1) is 13.6. The molecule has 4 heteroatoms. The molecule has 0 saturated heterocycles. The van der Waals surface area contributed by atoms with E-state index in [0.717, 1.165) is 12.0 Å². The third kappa shape index (κ3) is 5.45. The van der Waals surface area contributed by atoms with Crippen LogP contribution in [0.3, 0.4) is 0 Å². The Morgan fingerprint density at radius 2 is 2.29 bits per heavy atom. The van der Waals surface area contributed by atoms with Gasteiger partial charge in [0.15, 0.2) is 0 Å². The minimum atomic E-state index is -0.226. The number of carbonyl (C=O) groups is 1. The minimum Gasteiger partial charge on any atom is -0.469 e. The highest BCUT2D eigenvalue weighted by Crippen LogP contribution is 2.06. The van der Waals surface area contributed by atoms with Gasteiger partial charge in [0, 0.05) is 12.6 Å². The Bertz CT molecular complexity index is 368. The molecule has 0 aromatic heterocycles. The molecule has 0 saturated carbocycles. The van der Waals surface area contributed by atoms with Crippen molar-refractivity contribution < 1.29 is 13.9 Å². The molecule has 94 valence electrons. The molecule has 0 amide bonds. The Morgan fingerprint density at radius 3 is 2.94 bits per heavy atom. The molecule has 0 bridgehead atoms. The summed E-state index contributed by atoms with van der Waals surface area (Å²) in [5.74, 6) is -0.445. The van der Waals surface area contributed by atoms with Gasteiger partial charge in [-0.2, -0.15) is 0 Å². The van der Waals surface area contributed by atoms with Crippen molar-refractivity contribution in [1.82, 2.24) is 5.32 Å². The van der Waals surface area contributed by atoms with Crippen LogP contribution in [-0.4, -0.2) is 25.7 Å². The van der Waals surface area contributed by atoms with E-state index in [2.05, 4.69) is 10.1 Å². The van der Waals surface area contributed by atoms with Crippen molar-refractivity contribution in [1.29, 1.82) is 0 Å². The maximum Gasteiger partial charge on any atom is 0.306 e. The lowest BCUT2D eigenvalue weighted by Crippen LogP contribution is -2.30. The van der Waals surface area contributed by atoms with Crippen molar-refractivity contribution >= 4 is 5.97 Å². The van der Waals surface area contributed by atoms with E-state index in [1.54, 1.807) is 6.07 Å². The van der Waals surface area contributed by atoms with Gasteiger partial charge in [0.05, 0.1) is 13.5 Å². The summed E-state index contributed by atoms with van der Waals surface area (Å²) >= 11 is 0. The lowest BCUT2D eigenvalue weighted by atomic mass is 10.1. The molecule has 17 heavy (non-hydrogen) atoms. The zero-order valence-electron chi connectivity index (χ0n) is 10.2. The lowest BCUT2D eigenvalue weighted by molar-refractivity contribution is -0.140. The summed E-state index contributed by atoms with van der Waals surface area (Å²) in [6.07, 6.45) is 1.09. The Balaban J connectivity index is 2.29. The largest absolute Gasteiger partial charge is 0.469 e. The minimum absolute atomic E-state index is 0.196. The fourth-order valence-electron chi connectivity index (χ4n) is 1.61. The standard InChI is InChI=1S/C13H18FNO2/c1-10(15-7-6-13(16)17-2)8-11-4-3-5-12(14)9-11/h3-5,9-10,15H,6-8H2,1-2H3. The van der Waals surface area contributed by atoms with E-state index in [1.165, 1.54) is 19.2 Å². The number of benzene rings is 1. The number of hydrogen-bond acceptors (Lipinski definition) is 3. The number of nitrogens with one attached hydrogen (secondary N) is 1. The van der Waals surface area contributed by atoms with Gasteiger partial charge in [0.2, 0.25) is 0 Å². The molecule has 0 spiro atoms. The molecule has 0 heterocycles. The molecule has 1 atom stereocenters. The Kier molecular flexibility index (Phi) is 5.63. The van der Waals surface area contributed by atoms with E-state index in [9.17, 15) is 9.18 Å². The van der Waals surface area contributed by atoms with E-state index in [1.807, 2.05) is 13.0 Å². The highest BCUT2D eigenvalue weighted by atomic mass is 19.1. The van der Waals surface area contributed by atoms with Gasteiger partial charge in [-0.3, -0.25) is 4.79 Å². The van der Waals surface area contributed by atoms with Crippen LogP contribution in [0.2, 0.25) is 0 Å². The van der Waals surface area contributed by atoms with Crippen LogP contribution in [0.25, 0.3) is 0 Å². The average Bonchev–Trinajstić information content (AvgIpc) is 2.28. The first-order chi connectivity index (χ1) is 8.11. The molecule has 1 rings (SSSR count). The lowest BCUT2D eigenvalue weighted by Gasteiger charge is -2.13. The predicted octanol–water partition coefficient (Wildman–Crippen LogP) is 1.91. The molecule has 0 aliphatic rings. The number of halogens is 1. The summed E-state index contributed by atoms with van der Waals surface area (Å²) in [5, 5.41) is 3.19. The highest BCUT2D eigenvalue weighted by molar-refractivity contribution is 5.69. The monoisotopic (exact) mass is 239 g/mol. The van der Waals surface area contributed by atoms with Crippen LogP contribution in [0.4, 0.5) is 4.39 Å². The molecule has 0 aliphatic heterocycles. The number of hydrogen-bond donors (Lipinski definition) is 1. The zero-order chi connectivity index (χ0) is 12.7. The first-order valence-electron chi connectivity index (χ1n) is 5.66. The molecular formula is C13H18FNO2. The van der Waals surface area contributed by atoms with E-state index in [4.69, 9.17) is 0 Å². The smallest absolute Gasteiger partial charge is 0.306 e. The van der Waals surface area contributed by atoms with Crippen molar-refractivity contribution in [3.05, 3.63) is 35.6 Å². The van der Waals surface area contributed by atoms with Gasteiger partial charge in [-0.05, 0) is 31.0 Å². The number of rotatable bonds is 6. The van der Waals surface area contributed by atoms with Crippen LogP contribution in [0.15, 0.2) is 24.3 Å². The molecule has 1 N–H and O–H groups in total. The summed E-state index contributed by atoms with van der Waals surface area (Å²) in [6.45, 7) is 2.57. The number of methoxy groups -OCH3 is 1. The van der Waals surface area contributed by atoms with Gasteiger partial charge in [0.25, 0.3) is 0 Å². The average molecular weight is 239 g/mol. The van der Waals surface area contributed by atoms with Crippen LogP contribution >= 0.6 is 0 Å². The third-order valence-electron chi connectivity index (χ3n) is 2.48. The van der Waals surface area contributed by atoms with Crippen molar-refractivity contribution in [2.45, 2.75) is 25.8 Å². The summed E-state index contributed by atoms with van der Waals surface area (Å²) in [6, 6.07) is 6.74. The highest BCUT2D eigenvalue weighted by Gasteiger charge is 2.05. The Hall–Kier alpha value is -1.42. The molecule has 1 aromatic rings. The summed E-state index contributed by atoms with van der Waals surface area (Å²) in [5.41, 5.74) is 0.947. The van der Waals surface area contributed by atoms with Crippen LogP contribution in [0.5, 0.6) is 0 Å². The van der Waals surface area contributed by atoms with Gasteiger partial charge >= 0.3 is 5.97 Å². The SMILES string of the molecule is COC(=O)CCNC(C)Cc1cccc(F)c1. The molecule has 0 aliphatic carbocycles. The molecule has 0 radical (unpaired) electrons. The Labute approximate surface area is 101 Å². The zero-order valence-corrected chi connectivity index (χ0v) is 10.2. The second-order valence-electron chi connectivity index (χ2n) is 4.02. The van der Waals surface area contributed by atoms with E-state index in [0.29, 0.717) is 13.0 Å². The molecule has 1 unspecified atom stereocenters. The summed E-state index contributed by atoms with van der Waals surface area (Å²) < 4.78 is 17.5. The fraction of sp³-hybridized carbons (Fsp3) is 0.462. The summed E-state index contributed by atoms with van der Waals surface area (Å²) in [7, 11) is 1.37. The van der Waals surface area contributed by atoms with Crippen LogP contribution < -0.4 is 5.32 Å². The second kappa shape index (κ2) is 7.01. The van der Waals surface area contributed by atoms with Gasteiger partial charge < -0.3 is 10.1 Å². The fourth-order valence-corrected chi connectivity index (χ4v) is 1.61. The molecular weight excluding hydrogens is 221 g/mol. The van der Waals surface area contributed by atoms with Crippen molar-refractivity contribution in [2.24, 2.45) is 0 Å². The van der Waals surface area contributed by atoms with Crippen LogP contribution in [0, 0.1) is 5.82 Å². The van der Waals surface area contributed by atoms with Crippen LogP contribution in [0.1, 0.15) is 18.9 Å².